The molecule has 0 saturated carbocycles. The molecule has 0 aromatic heterocycles. The van der Waals surface area contributed by atoms with Crippen molar-refractivity contribution in [2.75, 3.05) is 35.2 Å². The zero-order valence-electron chi connectivity index (χ0n) is 10.8. The molecule has 0 fully saturated rings. The van der Waals surface area contributed by atoms with Crippen LogP contribution in [-0.2, 0) is 0 Å². The SMILES string of the molecule is Nc1ccc(NCCNc2ccc(N)c(Cl)c2)cc1Cl. The molecule has 106 valence electrons. The fourth-order valence-corrected chi connectivity index (χ4v) is 2.05. The van der Waals surface area contributed by atoms with Crippen LogP contribution in [0.2, 0.25) is 10.0 Å². The largest absolute Gasteiger partial charge is 0.398 e. The molecule has 0 amide bonds. The molecule has 4 nitrogen and oxygen atoms in total. The number of halogens is 2. The summed E-state index contributed by atoms with van der Waals surface area (Å²) < 4.78 is 0. The standard InChI is InChI=1S/C14H16Cl2N4/c15-11-7-9(1-3-13(11)17)19-5-6-20-10-2-4-14(18)12(16)8-10/h1-4,7-8,19-20H,5-6,17-18H2. The number of nitrogens with one attached hydrogen (secondary N) is 2. The highest BCUT2D eigenvalue weighted by molar-refractivity contribution is 6.33. The Hall–Kier alpha value is -1.78. The maximum Gasteiger partial charge on any atom is 0.0655 e. The molecule has 0 bridgehead atoms. The molecule has 6 heteroatoms. The predicted octanol–water partition coefficient (Wildman–Crippen LogP) is 3.68. The Morgan fingerprint density at radius 2 is 1.15 bits per heavy atom. The Morgan fingerprint density at radius 3 is 1.50 bits per heavy atom. The maximum absolute atomic E-state index is 5.95. The van der Waals surface area contributed by atoms with Gasteiger partial charge < -0.3 is 22.1 Å². The molecule has 2 aromatic carbocycles. The number of hydrogen-bond acceptors (Lipinski definition) is 4. The second-order valence-electron chi connectivity index (χ2n) is 4.33. The quantitative estimate of drug-likeness (QED) is 0.502. The van der Waals surface area contributed by atoms with Gasteiger partial charge in [0.2, 0.25) is 0 Å². The van der Waals surface area contributed by atoms with Crippen molar-refractivity contribution >= 4 is 46.0 Å². The van der Waals surface area contributed by atoms with Gasteiger partial charge in [-0.15, -0.1) is 0 Å². The number of nitrogens with two attached hydrogens (primary N) is 2. The first-order chi connectivity index (χ1) is 9.56. The first-order valence-electron chi connectivity index (χ1n) is 6.14. The van der Waals surface area contributed by atoms with Crippen LogP contribution in [0.5, 0.6) is 0 Å². The molecule has 0 aliphatic carbocycles. The lowest BCUT2D eigenvalue weighted by molar-refractivity contribution is 1.08. The lowest BCUT2D eigenvalue weighted by Crippen LogP contribution is -2.13. The normalized spacial score (nSPS) is 10.3. The van der Waals surface area contributed by atoms with E-state index < -0.39 is 0 Å². The fraction of sp³-hybridized carbons (Fsp3) is 0.143. The minimum Gasteiger partial charge on any atom is -0.398 e. The number of hydrogen-bond donors (Lipinski definition) is 4. The molecule has 0 spiro atoms. The summed E-state index contributed by atoms with van der Waals surface area (Å²) in [5, 5.41) is 7.60. The van der Waals surface area contributed by atoms with Crippen LogP contribution >= 0.6 is 23.2 Å². The first kappa shape index (κ1) is 14.6. The van der Waals surface area contributed by atoms with Gasteiger partial charge in [-0.3, -0.25) is 0 Å². The lowest BCUT2D eigenvalue weighted by atomic mass is 10.2. The molecule has 0 saturated heterocycles. The topological polar surface area (TPSA) is 76.1 Å². The third kappa shape index (κ3) is 3.85. The van der Waals surface area contributed by atoms with Crippen molar-refractivity contribution in [3.05, 3.63) is 46.4 Å². The van der Waals surface area contributed by atoms with Crippen molar-refractivity contribution in [1.82, 2.24) is 0 Å². The highest BCUT2D eigenvalue weighted by atomic mass is 35.5. The summed E-state index contributed by atoms with van der Waals surface area (Å²) in [6.45, 7) is 1.48. The molecular weight excluding hydrogens is 295 g/mol. The van der Waals surface area contributed by atoms with Crippen molar-refractivity contribution < 1.29 is 0 Å². The molecule has 2 rings (SSSR count). The molecule has 20 heavy (non-hydrogen) atoms. The zero-order valence-corrected chi connectivity index (χ0v) is 12.3. The van der Waals surface area contributed by atoms with Crippen LogP contribution in [0.4, 0.5) is 22.7 Å². The minimum atomic E-state index is 0.549. The Kier molecular flexibility index (Phi) is 4.82. The van der Waals surface area contributed by atoms with Gasteiger partial charge in [0.25, 0.3) is 0 Å². The average Bonchev–Trinajstić information content (AvgIpc) is 2.42. The second-order valence-corrected chi connectivity index (χ2v) is 5.14. The van der Waals surface area contributed by atoms with Crippen LogP contribution in [0, 0.1) is 0 Å². The van der Waals surface area contributed by atoms with E-state index in [1.807, 2.05) is 12.1 Å². The van der Waals surface area contributed by atoms with E-state index in [1.165, 1.54) is 0 Å². The molecule has 0 unspecified atom stereocenters. The van der Waals surface area contributed by atoms with E-state index in [0.29, 0.717) is 21.4 Å². The number of rotatable bonds is 5. The van der Waals surface area contributed by atoms with E-state index in [0.717, 1.165) is 24.5 Å². The fourth-order valence-electron chi connectivity index (χ4n) is 1.69. The van der Waals surface area contributed by atoms with Gasteiger partial charge in [0.1, 0.15) is 0 Å². The Bertz CT molecular complexity index is 548. The van der Waals surface area contributed by atoms with Crippen molar-refractivity contribution in [2.24, 2.45) is 0 Å². The van der Waals surface area contributed by atoms with Gasteiger partial charge in [-0.25, -0.2) is 0 Å². The van der Waals surface area contributed by atoms with Gasteiger partial charge in [0, 0.05) is 24.5 Å². The van der Waals surface area contributed by atoms with Gasteiger partial charge >= 0.3 is 0 Å². The van der Waals surface area contributed by atoms with Crippen molar-refractivity contribution in [3.8, 4) is 0 Å². The molecule has 0 aliphatic rings. The molecular formula is C14H16Cl2N4. The van der Waals surface area contributed by atoms with Gasteiger partial charge in [-0.1, -0.05) is 23.2 Å². The smallest absolute Gasteiger partial charge is 0.0655 e. The summed E-state index contributed by atoms with van der Waals surface area (Å²) in [7, 11) is 0. The van der Waals surface area contributed by atoms with Crippen molar-refractivity contribution in [3.63, 3.8) is 0 Å². The van der Waals surface area contributed by atoms with E-state index in [2.05, 4.69) is 10.6 Å². The summed E-state index contributed by atoms with van der Waals surface area (Å²) in [5.41, 5.74) is 14.3. The third-order valence-electron chi connectivity index (χ3n) is 2.78. The molecule has 2 aromatic rings. The summed E-state index contributed by atoms with van der Waals surface area (Å²) in [5.74, 6) is 0. The monoisotopic (exact) mass is 310 g/mol. The number of nitrogen functional groups attached to an aromatic ring is 2. The van der Waals surface area contributed by atoms with Crippen LogP contribution in [0.15, 0.2) is 36.4 Å². The molecule has 0 heterocycles. The van der Waals surface area contributed by atoms with Gasteiger partial charge in [-0.2, -0.15) is 0 Å². The predicted molar refractivity (Wildman–Crippen MR) is 88.7 cm³/mol. The minimum absolute atomic E-state index is 0.549. The van der Waals surface area contributed by atoms with E-state index in [1.54, 1.807) is 24.3 Å². The zero-order chi connectivity index (χ0) is 14.5. The van der Waals surface area contributed by atoms with Crippen LogP contribution in [0.1, 0.15) is 0 Å². The van der Waals surface area contributed by atoms with Gasteiger partial charge in [0.05, 0.1) is 21.4 Å². The molecule has 0 atom stereocenters. The number of anilines is 4. The summed E-state index contributed by atoms with van der Waals surface area (Å²) >= 11 is 11.9. The maximum atomic E-state index is 5.95. The van der Waals surface area contributed by atoms with Gasteiger partial charge in [0.15, 0.2) is 0 Å². The van der Waals surface area contributed by atoms with Crippen molar-refractivity contribution in [1.29, 1.82) is 0 Å². The second kappa shape index (κ2) is 6.59. The third-order valence-corrected chi connectivity index (χ3v) is 3.44. The van der Waals surface area contributed by atoms with E-state index in [9.17, 15) is 0 Å². The van der Waals surface area contributed by atoms with Crippen molar-refractivity contribution in [2.45, 2.75) is 0 Å². The summed E-state index contributed by atoms with van der Waals surface area (Å²) in [4.78, 5) is 0. The molecule has 6 N–H and O–H groups in total. The first-order valence-corrected chi connectivity index (χ1v) is 6.89. The lowest BCUT2D eigenvalue weighted by Gasteiger charge is -2.10. The Labute approximate surface area is 128 Å². The Balaban J connectivity index is 1.81. The highest BCUT2D eigenvalue weighted by Crippen LogP contribution is 2.23. The summed E-state index contributed by atoms with van der Waals surface area (Å²) in [6, 6.07) is 10.9. The van der Waals surface area contributed by atoms with Crippen LogP contribution in [0.3, 0.4) is 0 Å². The molecule has 0 radical (unpaired) electrons. The molecule has 0 aliphatic heterocycles. The van der Waals surface area contributed by atoms with E-state index >= 15 is 0 Å². The average molecular weight is 311 g/mol. The van der Waals surface area contributed by atoms with E-state index in [4.69, 9.17) is 34.7 Å². The van der Waals surface area contributed by atoms with Crippen LogP contribution in [0.25, 0.3) is 0 Å². The van der Waals surface area contributed by atoms with E-state index in [-0.39, 0.29) is 0 Å². The van der Waals surface area contributed by atoms with Gasteiger partial charge in [-0.05, 0) is 36.4 Å². The Morgan fingerprint density at radius 1 is 0.750 bits per heavy atom. The van der Waals surface area contributed by atoms with Crippen LogP contribution < -0.4 is 22.1 Å². The highest BCUT2D eigenvalue weighted by Gasteiger charge is 1.99. The van der Waals surface area contributed by atoms with Crippen LogP contribution in [-0.4, -0.2) is 13.1 Å². The summed E-state index contributed by atoms with van der Waals surface area (Å²) in [6.07, 6.45) is 0. The number of benzene rings is 2.